The molecule has 2 aliphatic heterocycles. The third kappa shape index (κ3) is 4.94. The van der Waals surface area contributed by atoms with Crippen molar-refractivity contribution in [3.8, 4) is 5.75 Å². The Hall–Kier alpha value is -2.58. The number of hydrogen-bond donors (Lipinski definition) is 1. The van der Waals surface area contributed by atoms with E-state index in [1.807, 2.05) is 19.1 Å². The second kappa shape index (κ2) is 9.06. The lowest BCUT2D eigenvalue weighted by molar-refractivity contribution is -0.0875. The van der Waals surface area contributed by atoms with E-state index < -0.39 is 5.72 Å². The molecule has 0 atom stereocenters. The van der Waals surface area contributed by atoms with E-state index in [4.69, 9.17) is 19.0 Å². The summed E-state index contributed by atoms with van der Waals surface area (Å²) in [6, 6.07) is 8.21. The van der Waals surface area contributed by atoms with Crippen molar-refractivity contribution >= 4 is 5.96 Å². The molecule has 3 heterocycles. The van der Waals surface area contributed by atoms with Crippen molar-refractivity contribution < 1.29 is 14.0 Å². The van der Waals surface area contributed by atoms with Crippen molar-refractivity contribution in [2.24, 2.45) is 4.99 Å². The van der Waals surface area contributed by atoms with E-state index in [2.05, 4.69) is 46.4 Å². The van der Waals surface area contributed by atoms with Crippen molar-refractivity contribution in [2.75, 3.05) is 26.7 Å². The van der Waals surface area contributed by atoms with Gasteiger partial charge in [0.1, 0.15) is 12.0 Å². The van der Waals surface area contributed by atoms with Gasteiger partial charge in [-0.15, -0.1) is 0 Å². The molecular weight excluding hydrogens is 382 g/mol. The molecule has 1 saturated heterocycles. The van der Waals surface area contributed by atoms with Crippen LogP contribution in [0.2, 0.25) is 0 Å². The molecule has 1 spiro atoms. The zero-order chi connectivity index (χ0) is 21.0. The quantitative estimate of drug-likeness (QED) is 0.748. The Morgan fingerprint density at radius 2 is 1.97 bits per heavy atom. The number of aromatic nitrogens is 1. The summed E-state index contributed by atoms with van der Waals surface area (Å²) < 4.78 is 11.1. The standard InChI is InChI=1S/C22H31N5O3/c1-4-13-28-20-7-5-18(6-8-20)14-27(15-19-16-29-17(2)23-19)21-24-22(30-25-21)9-11-26(3)12-10-22/h5-8,16H,4,9-15H2,1-3H3,(H,24,25). The number of nitrogens with one attached hydrogen (secondary N) is 1. The van der Waals surface area contributed by atoms with Crippen LogP contribution in [-0.4, -0.2) is 53.2 Å². The van der Waals surface area contributed by atoms with Crippen LogP contribution in [0, 0.1) is 6.92 Å². The molecule has 1 N–H and O–H groups in total. The van der Waals surface area contributed by atoms with Gasteiger partial charge < -0.3 is 19.0 Å². The van der Waals surface area contributed by atoms with Gasteiger partial charge in [0.2, 0.25) is 5.96 Å². The SMILES string of the molecule is CCCOc1ccc(CN(Cc2coc(C)n2)C2=NC3(CCN(C)CC3)ON2)cc1. The zero-order valence-corrected chi connectivity index (χ0v) is 18.1. The van der Waals surface area contributed by atoms with Crippen LogP contribution in [0.3, 0.4) is 0 Å². The zero-order valence-electron chi connectivity index (χ0n) is 18.1. The molecule has 0 radical (unpaired) electrons. The first-order valence-corrected chi connectivity index (χ1v) is 10.7. The number of hydroxylamine groups is 1. The van der Waals surface area contributed by atoms with Crippen LogP contribution in [-0.2, 0) is 17.9 Å². The van der Waals surface area contributed by atoms with Gasteiger partial charge in [0.25, 0.3) is 0 Å². The molecule has 162 valence electrons. The first kappa shape index (κ1) is 20.7. The molecule has 2 aliphatic rings. The molecule has 0 saturated carbocycles. The first-order chi connectivity index (χ1) is 14.5. The Balaban J connectivity index is 1.51. The highest BCUT2D eigenvalue weighted by atomic mass is 16.7. The summed E-state index contributed by atoms with van der Waals surface area (Å²) in [6.45, 7) is 7.88. The van der Waals surface area contributed by atoms with E-state index >= 15 is 0 Å². The maximum Gasteiger partial charge on any atom is 0.222 e. The number of aryl methyl sites for hydroxylation is 1. The summed E-state index contributed by atoms with van der Waals surface area (Å²) in [5.41, 5.74) is 4.64. The second-order valence-electron chi connectivity index (χ2n) is 8.10. The highest BCUT2D eigenvalue weighted by Crippen LogP contribution is 2.30. The molecule has 2 aromatic rings. The van der Waals surface area contributed by atoms with Gasteiger partial charge in [0.05, 0.1) is 18.8 Å². The maximum absolute atomic E-state index is 5.98. The van der Waals surface area contributed by atoms with Crippen LogP contribution in [0.15, 0.2) is 39.9 Å². The summed E-state index contributed by atoms with van der Waals surface area (Å²) >= 11 is 0. The fourth-order valence-electron chi connectivity index (χ4n) is 3.71. The number of hydrogen-bond acceptors (Lipinski definition) is 8. The van der Waals surface area contributed by atoms with Crippen LogP contribution >= 0.6 is 0 Å². The highest BCUT2D eigenvalue weighted by Gasteiger charge is 2.40. The van der Waals surface area contributed by atoms with E-state index in [9.17, 15) is 0 Å². The van der Waals surface area contributed by atoms with Gasteiger partial charge >= 0.3 is 0 Å². The number of ether oxygens (including phenoxy) is 1. The number of likely N-dealkylation sites (tertiary alicyclic amines) is 1. The topological polar surface area (TPSA) is 75.4 Å². The van der Waals surface area contributed by atoms with Crippen molar-refractivity contribution in [2.45, 2.75) is 51.9 Å². The lowest BCUT2D eigenvalue weighted by Crippen LogP contribution is -2.43. The van der Waals surface area contributed by atoms with Gasteiger partial charge in [-0.2, -0.15) is 0 Å². The summed E-state index contributed by atoms with van der Waals surface area (Å²) in [5.74, 6) is 2.29. The number of rotatable bonds is 7. The van der Waals surface area contributed by atoms with Crippen molar-refractivity contribution in [1.29, 1.82) is 0 Å². The number of guanidine groups is 1. The molecule has 0 bridgehead atoms. The van der Waals surface area contributed by atoms with Crippen LogP contribution in [0.4, 0.5) is 0 Å². The monoisotopic (exact) mass is 413 g/mol. The van der Waals surface area contributed by atoms with Gasteiger partial charge in [0.15, 0.2) is 11.6 Å². The normalized spacial score (nSPS) is 18.3. The maximum atomic E-state index is 5.98. The van der Waals surface area contributed by atoms with Crippen LogP contribution in [0.1, 0.15) is 43.3 Å². The first-order valence-electron chi connectivity index (χ1n) is 10.7. The van der Waals surface area contributed by atoms with Crippen molar-refractivity contribution in [3.63, 3.8) is 0 Å². The molecule has 4 rings (SSSR count). The molecule has 1 aromatic carbocycles. The summed E-state index contributed by atoms with van der Waals surface area (Å²) in [6.07, 6.45) is 4.45. The number of nitrogens with zero attached hydrogens (tertiary/aromatic N) is 4. The third-order valence-corrected chi connectivity index (χ3v) is 5.50. The Kier molecular flexibility index (Phi) is 6.24. The second-order valence-corrected chi connectivity index (χ2v) is 8.10. The molecule has 0 aliphatic carbocycles. The van der Waals surface area contributed by atoms with E-state index in [-0.39, 0.29) is 0 Å². The number of oxazole rings is 1. The number of benzene rings is 1. The average Bonchev–Trinajstić information content (AvgIpc) is 3.36. The fraction of sp³-hybridized carbons (Fsp3) is 0.545. The van der Waals surface area contributed by atoms with Crippen LogP contribution in [0.5, 0.6) is 5.75 Å². The summed E-state index contributed by atoms with van der Waals surface area (Å²) in [5, 5.41) is 0. The van der Waals surface area contributed by atoms with Crippen LogP contribution in [0.25, 0.3) is 0 Å². The Morgan fingerprint density at radius 1 is 1.20 bits per heavy atom. The van der Waals surface area contributed by atoms with Gasteiger partial charge in [0, 0.05) is 39.4 Å². The smallest absolute Gasteiger partial charge is 0.222 e. The minimum atomic E-state index is -0.475. The van der Waals surface area contributed by atoms with Crippen molar-refractivity contribution in [1.82, 2.24) is 20.3 Å². The predicted octanol–water partition coefficient (Wildman–Crippen LogP) is 3.09. The van der Waals surface area contributed by atoms with Crippen LogP contribution < -0.4 is 10.2 Å². The van der Waals surface area contributed by atoms with E-state index in [0.29, 0.717) is 19.0 Å². The summed E-state index contributed by atoms with van der Waals surface area (Å²) in [4.78, 5) is 19.9. The Labute approximate surface area is 177 Å². The molecule has 0 amide bonds. The fourth-order valence-corrected chi connectivity index (χ4v) is 3.71. The third-order valence-electron chi connectivity index (χ3n) is 5.50. The number of piperidine rings is 1. The molecule has 30 heavy (non-hydrogen) atoms. The van der Waals surface area contributed by atoms with E-state index in [0.717, 1.165) is 61.9 Å². The van der Waals surface area contributed by atoms with Gasteiger partial charge in [-0.25, -0.2) is 20.3 Å². The molecule has 8 heteroatoms. The highest BCUT2D eigenvalue weighted by molar-refractivity contribution is 5.80. The van der Waals surface area contributed by atoms with Gasteiger partial charge in [-0.05, 0) is 31.2 Å². The largest absolute Gasteiger partial charge is 0.494 e. The minimum Gasteiger partial charge on any atom is -0.494 e. The summed E-state index contributed by atoms with van der Waals surface area (Å²) in [7, 11) is 2.13. The molecule has 1 aromatic heterocycles. The van der Waals surface area contributed by atoms with Gasteiger partial charge in [-0.1, -0.05) is 19.1 Å². The lowest BCUT2D eigenvalue weighted by atomic mass is 10.0. The lowest BCUT2D eigenvalue weighted by Gasteiger charge is -2.33. The predicted molar refractivity (Wildman–Crippen MR) is 114 cm³/mol. The van der Waals surface area contributed by atoms with E-state index in [1.54, 1.807) is 6.26 Å². The van der Waals surface area contributed by atoms with E-state index in [1.165, 1.54) is 0 Å². The molecule has 1 fully saturated rings. The minimum absolute atomic E-state index is 0.475. The number of aliphatic imine (C=N–C) groups is 1. The Morgan fingerprint density at radius 3 is 2.63 bits per heavy atom. The Bertz CT molecular complexity index is 856. The average molecular weight is 414 g/mol. The molecular formula is C22H31N5O3. The van der Waals surface area contributed by atoms with Gasteiger partial charge in [-0.3, -0.25) is 0 Å². The van der Waals surface area contributed by atoms with Crippen molar-refractivity contribution in [3.05, 3.63) is 47.7 Å². The molecule has 8 nitrogen and oxygen atoms in total. The molecule has 0 unspecified atom stereocenters.